The zero-order valence-electron chi connectivity index (χ0n) is 10.8. The number of allylic oxidation sites excluding steroid dienone is 2. The molecule has 0 aliphatic carbocycles. The van der Waals surface area contributed by atoms with E-state index in [4.69, 9.17) is 4.74 Å². The zero-order valence-corrected chi connectivity index (χ0v) is 10.8. The fourth-order valence-corrected chi connectivity index (χ4v) is 1.89. The summed E-state index contributed by atoms with van der Waals surface area (Å²) in [7, 11) is 0. The summed E-state index contributed by atoms with van der Waals surface area (Å²) in [6.07, 6.45) is 10.1. The Morgan fingerprint density at radius 1 is 1.29 bits per heavy atom. The number of unbranched alkanes of at least 4 members (excludes halogenated alkanes) is 4. The predicted octanol–water partition coefficient (Wildman–Crippen LogP) is 2.56. The quantitative estimate of drug-likeness (QED) is 0.387. The molecular weight excluding hydrogens is 214 g/mol. The van der Waals surface area contributed by atoms with Gasteiger partial charge < -0.3 is 9.64 Å². The summed E-state index contributed by atoms with van der Waals surface area (Å²) in [5.41, 5.74) is 0.670. The Hall–Kier alpha value is -1.05. The van der Waals surface area contributed by atoms with Crippen LogP contribution in [0, 0.1) is 0 Å². The maximum Gasteiger partial charge on any atom is 0.150 e. The average Bonchev–Trinajstić information content (AvgIpc) is 2.39. The van der Waals surface area contributed by atoms with Gasteiger partial charge in [0.2, 0.25) is 0 Å². The molecule has 0 spiro atoms. The van der Waals surface area contributed by atoms with Gasteiger partial charge in [-0.1, -0.05) is 32.3 Å². The largest absolute Gasteiger partial charge is 0.378 e. The van der Waals surface area contributed by atoms with E-state index >= 15 is 0 Å². The Kier molecular flexibility index (Phi) is 7.44. The van der Waals surface area contributed by atoms with Crippen molar-refractivity contribution in [1.82, 2.24) is 4.90 Å². The molecule has 0 aromatic rings. The van der Waals surface area contributed by atoms with Crippen molar-refractivity contribution in [3.05, 3.63) is 17.8 Å². The zero-order chi connectivity index (χ0) is 12.3. The van der Waals surface area contributed by atoms with Crippen molar-refractivity contribution in [1.29, 1.82) is 0 Å². The smallest absolute Gasteiger partial charge is 0.150 e. The molecule has 1 fully saturated rings. The van der Waals surface area contributed by atoms with Crippen LogP contribution in [0.15, 0.2) is 17.8 Å². The van der Waals surface area contributed by atoms with Gasteiger partial charge in [-0.2, -0.15) is 0 Å². The van der Waals surface area contributed by atoms with Crippen LogP contribution in [0.25, 0.3) is 0 Å². The molecule has 0 saturated carbocycles. The monoisotopic (exact) mass is 237 g/mol. The lowest BCUT2D eigenvalue weighted by Crippen LogP contribution is -2.35. The van der Waals surface area contributed by atoms with E-state index in [0.29, 0.717) is 18.9 Å². The van der Waals surface area contributed by atoms with E-state index in [1.54, 1.807) is 0 Å². The van der Waals surface area contributed by atoms with Gasteiger partial charge in [-0.05, 0) is 18.9 Å². The molecule has 0 amide bonds. The van der Waals surface area contributed by atoms with Gasteiger partial charge in [-0.3, -0.25) is 0 Å². The number of ether oxygens (including phenoxy) is 1. The Morgan fingerprint density at radius 2 is 2.06 bits per heavy atom. The van der Waals surface area contributed by atoms with Crippen LogP contribution in [0.3, 0.4) is 0 Å². The van der Waals surface area contributed by atoms with Gasteiger partial charge >= 0.3 is 0 Å². The molecule has 0 aromatic heterocycles. The first-order chi connectivity index (χ1) is 8.38. The van der Waals surface area contributed by atoms with Crippen LogP contribution in [-0.4, -0.2) is 37.1 Å². The van der Waals surface area contributed by atoms with E-state index in [1.807, 2.05) is 16.9 Å². The molecule has 0 aromatic carbocycles. The number of nitrogens with zero attached hydrogens (tertiary/aromatic N) is 1. The lowest BCUT2D eigenvalue weighted by molar-refractivity contribution is 0.0559. The first kappa shape index (κ1) is 14.0. The van der Waals surface area contributed by atoms with Crippen LogP contribution in [0.5, 0.6) is 0 Å². The summed E-state index contributed by atoms with van der Waals surface area (Å²) in [5, 5.41) is 0. The number of hydrogen-bond acceptors (Lipinski definition) is 3. The summed E-state index contributed by atoms with van der Waals surface area (Å²) < 4.78 is 5.26. The van der Waals surface area contributed by atoms with E-state index in [9.17, 15) is 4.79 Å². The maximum atomic E-state index is 10.9. The van der Waals surface area contributed by atoms with Crippen LogP contribution in [0.4, 0.5) is 0 Å². The van der Waals surface area contributed by atoms with Crippen molar-refractivity contribution in [2.45, 2.75) is 39.0 Å². The Morgan fingerprint density at radius 3 is 2.71 bits per heavy atom. The summed E-state index contributed by atoms with van der Waals surface area (Å²) in [6.45, 7) is 5.21. The van der Waals surface area contributed by atoms with E-state index in [-0.39, 0.29) is 0 Å². The summed E-state index contributed by atoms with van der Waals surface area (Å²) in [4.78, 5) is 12.9. The number of hydrogen-bond donors (Lipinski definition) is 0. The minimum Gasteiger partial charge on any atom is -0.378 e. The first-order valence-electron chi connectivity index (χ1n) is 6.62. The van der Waals surface area contributed by atoms with Gasteiger partial charge in [0.25, 0.3) is 0 Å². The molecule has 17 heavy (non-hydrogen) atoms. The molecule has 0 atom stereocenters. The van der Waals surface area contributed by atoms with E-state index < -0.39 is 0 Å². The first-order valence-corrected chi connectivity index (χ1v) is 6.62. The van der Waals surface area contributed by atoms with Crippen molar-refractivity contribution < 1.29 is 9.53 Å². The van der Waals surface area contributed by atoms with Crippen LogP contribution in [-0.2, 0) is 9.53 Å². The fourth-order valence-electron chi connectivity index (χ4n) is 1.89. The van der Waals surface area contributed by atoms with Crippen molar-refractivity contribution in [3.8, 4) is 0 Å². The standard InChI is InChI=1S/C14H23NO2/c1-2-3-4-5-6-7-8-14(13-16)15-9-11-17-12-10-15/h7-8H,2-6,9-12H2,1H3. The molecule has 1 heterocycles. The van der Waals surface area contributed by atoms with Crippen molar-refractivity contribution >= 4 is 5.94 Å². The third-order valence-electron chi connectivity index (χ3n) is 2.96. The molecule has 0 unspecified atom stereocenters. The molecule has 1 saturated heterocycles. The summed E-state index contributed by atoms with van der Waals surface area (Å²) in [5.74, 6) is 2.02. The SMILES string of the molecule is CCCCCCC=CC(=C=O)N1CCOCC1. The van der Waals surface area contributed by atoms with Gasteiger partial charge in [-0.25, -0.2) is 4.79 Å². The van der Waals surface area contributed by atoms with E-state index in [1.165, 1.54) is 25.7 Å². The third kappa shape index (κ3) is 5.71. The molecule has 3 nitrogen and oxygen atoms in total. The van der Waals surface area contributed by atoms with Crippen molar-refractivity contribution in [2.75, 3.05) is 26.3 Å². The second-order valence-corrected chi connectivity index (χ2v) is 4.34. The highest BCUT2D eigenvalue weighted by Gasteiger charge is 2.11. The molecule has 0 radical (unpaired) electrons. The maximum absolute atomic E-state index is 10.9. The van der Waals surface area contributed by atoms with Gasteiger partial charge in [0.05, 0.1) is 13.2 Å². The highest BCUT2D eigenvalue weighted by atomic mass is 16.5. The van der Waals surface area contributed by atoms with Gasteiger partial charge in [0, 0.05) is 13.1 Å². The average molecular weight is 237 g/mol. The normalized spacial score (nSPS) is 16.2. The number of carbonyl (C=O) groups excluding carboxylic acids is 1. The van der Waals surface area contributed by atoms with Gasteiger partial charge in [0.15, 0.2) is 0 Å². The predicted molar refractivity (Wildman–Crippen MR) is 69.5 cm³/mol. The second kappa shape index (κ2) is 9.03. The fraction of sp³-hybridized carbons (Fsp3) is 0.714. The second-order valence-electron chi connectivity index (χ2n) is 4.34. The molecular formula is C14H23NO2. The van der Waals surface area contributed by atoms with Gasteiger partial charge in [0.1, 0.15) is 11.6 Å². The van der Waals surface area contributed by atoms with Crippen LogP contribution < -0.4 is 0 Å². The Labute approximate surface area is 104 Å². The highest BCUT2D eigenvalue weighted by Crippen LogP contribution is 2.08. The van der Waals surface area contributed by atoms with Gasteiger partial charge in [-0.15, -0.1) is 0 Å². The summed E-state index contributed by atoms with van der Waals surface area (Å²) in [6, 6.07) is 0. The van der Waals surface area contributed by atoms with E-state index in [0.717, 1.165) is 19.5 Å². The minimum atomic E-state index is 0.670. The molecule has 1 aliphatic rings. The molecule has 3 heteroatoms. The number of rotatable bonds is 7. The molecule has 1 aliphatic heterocycles. The molecule has 1 rings (SSSR count). The lowest BCUT2D eigenvalue weighted by Gasteiger charge is -2.27. The highest BCUT2D eigenvalue weighted by molar-refractivity contribution is 5.56. The summed E-state index contributed by atoms with van der Waals surface area (Å²) >= 11 is 0. The Bertz CT molecular complexity index is 274. The van der Waals surface area contributed by atoms with E-state index in [2.05, 4.69) is 13.0 Å². The Balaban J connectivity index is 2.26. The molecule has 0 N–H and O–H groups in total. The third-order valence-corrected chi connectivity index (χ3v) is 2.96. The lowest BCUT2D eigenvalue weighted by atomic mass is 10.1. The molecule has 0 bridgehead atoms. The minimum absolute atomic E-state index is 0.670. The molecule has 96 valence electrons. The van der Waals surface area contributed by atoms with Crippen molar-refractivity contribution in [3.63, 3.8) is 0 Å². The number of morpholine rings is 1. The van der Waals surface area contributed by atoms with Crippen molar-refractivity contribution in [2.24, 2.45) is 0 Å². The topological polar surface area (TPSA) is 29.5 Å². The van der Waals surface area contributed by atoms with Crippen LogP contribution in [0.2, 0.25) is 0 Å². The van der Waals surface area contributed by atoms with Crippen LogP contribution >= 0.6 is 0 Å². The van der Waals surface area contributed by atoms with Crippen LogP contribution in [0.1, 0.15) is 39.0 Å².